The van der Waals surface area contributed by atoms with Crippen LogP contribution in [0.2, 0.25) is 0 Å². The average Bonchev–Trinajstić information content (AvgIpc) is 2.56. The van der Waals surface area contributed by atoms with Crippen molar-refractivity contribution in [2.75, 3.05) is 19.8 Å². The summed E-state index contributed by atoms with van der Waals surface area (Å²) in [6.45, 7) is 8.14. The third-order valence-electron chi connectivity index (χ3n) is 2.74. The van der Waals surface area contributed by atoms with E-state index in [9.17, 15) is 0 Å². The Kier molecular flexibility index (Phi) is 4.62. The van der Waals surface area contributed by atoms with Gasteiger partial charge in [-0.15, -0.1) is 0 Å². The zero-order valence-electron chi connectivity index (χ0n) is 8.47. The molecule has 0 saturated carbocycles. The fourth-order valence-corrected chi connectivity index (χ4v) is 1.77. The fourth-order valence-electron chi connectivity index (χ4n) is 1.77. The molecule has 0 bridgehead atoms. The number of unbranched alkanes of at least 4 members (excludes halogenated alkanes) is 2. The van der Waals surface area contributed by atoms with Crippen molar-refractivity contribution in [2.24, 2.45) is 0 Å². The summed E-state index contributed by atoms with van der Waals surface area (Å²) in [5, 5.41) is 3.37. The van der Waals surface area contributed by atoms with Crippen molar-refractivity contribution in [2.45, 2.75) is 45.6 Å². The second-order valence-corrected chi connectivity index (χ2v) is 3.82. The molecule has 0 spiro atoms. The Bertz CT molecular complexity index is 108. The van der Waals surface area contributed by atoms with Gasteiger partial charge in [-0.2, -0.15) is 0 Å². The summed E-state index contributed by atoms with van der Waals surface area (Å²) < 4.78 is 0. The Hall–Kier alpha value is -0.0800. The molecule has 1 heterocycles. The topological polar surface area (TPSA) is 15.3 Å². The van der Waals surface area contributed by atoms with E-state index in [1.165, 1.54) is 38.8 Å². The molecule has 1 fully saturated rings. The van der Waals surface area contributed by atoms with Gasteiger partial charge in [0.1, 0.15) is 0 Å². The number of rotatable bonds is 5. The summed E-state index contributed by atoms with van der Waals surface area (Å²) in [4.78, 5) is 2.54. The van der Waals surface area contributed by atoms with E-state index in [0.29, 0.717) is 0 Å². The Balaban J connectivity index is 2.05. The van der Waals surface area contributed by atoms with Crippen LogP contribution in [-0.4, -0.2) is 30.7 Å². The third-order valence-corrected chi connectivity index (χ3v) is 2.74. The molecule has 1 atom stereocenters. The zero-order chi connectivity index (χ0) is 8.81. The van der Waals surface area contributed by atoms with E-state index < -0.39 is 0 Å². The first kappa shape index (κ1) is 10.0. The van der Waals surface area contributed by atoms with Gasteiger partial charge >= 0.3 is 0 Å². The van der Waals surface area contributed by atoms with Crippen LogP contribution in [0.5, 0.6) is 0 Å². The molecule has 0 aromatic heterocycles. The normalized spacial score (nSPS) is 21.5. The van der Waals surface area contributed by atoms with Crippen LogP contribution in [0, 0.1) is 0 Å². The first-order chi connectivity index (χ1) is 5.84. The Morgan fingerprint density at radius 3 is 2.83 bits per heavy atom. The van der Waals surface area contributed by atoms with Gasteiger partial charge in [0.05, 0.1) is 0 Å². The SMILES string of the molecule is CCCCCC(C)N1CCNC1. The second-order valence-electron chi connectivity index (χ2n) is 3.82. The summed E-state index contributed by atoms with van der Waals surface area (Å²) >= 11 is 0. The Morgan fingerprint density at radius 1 is 1.42 bits per heavy atom. The molecule has 0 aliphatic carbocycles. The van der Waals surface area contributed by atoms with Crippen LogP contribution < -0.4 is 5.32 Å². The van der Waals surface area contributed by atoms with Gasteiger partial charge in [-0.1, -0.05) is 26.2 Å². The molecule has 2 nitrogen and oxygen atoms in total. The number of hydrogen-bond acceptors (Lipinski definition) is 2. The van der Waals surface area contributed by atoms with E-state index in [1.807, 2.05) is 0 Å². The van der Waals surface area contributed by atoms with Gasteiger partial charge in [0.2, 0.25) is 0 Å². The van der Waals surface area contributed by atoms with Crippen LogP contribution in [0.4, 0.5) is 0 Å². The van der Waals surface area contributed by atoms with Crippen molar-refractivity contribution in [3.8, 4) is 0 Å². The lowest BCUT2D eigenvalue weighted by atomic mass is 10.1. The molecule has 12 heavy (non-hydrogen) atoms. The maximum Gasteiger partial charge on any atom is 0.0484 e. The van der Waals surface area contributed by atoms with Gasteiger partial charge in [0.25, 0.3) is 0 Å². The van der Waals surface area contributed by atoms with E-state index in [0.717, 1.165) is 12.7 Å². The van der Waals surface area contributed by atoms with Crippen LogP contribution in [0.25, 0.3) is 0 Å². The zero-order valence-corrected chi connectivity index (χ0v) is 8.47. The third kappa shape index (κ3) is 3.11. The van der Waals surface area contributed by atoms with Crippen LogP contribution >= 0.6 is 0 Å². The van der Waals surface area contributed by atoms with Gasteiger partial charge < -0.3 is 5.32 Å². The molecule has 1 aliphatic rings. The minimum atomic E-state index is 0.784. The molecule has 1 aliphatic heterocycles. The van der Waals surface area contributed by atoms with Crippen molar-refractivity contribution < 1.29 is 0 Å². The highest BCUT2D eigenvalue weighted by Gasteiger charge is 2.16. The highest BCUT2D eigenvalue weighted by Crippen LogP contribution is 2.10. The summed E-state index contributed by atoms with van der Waals surface area (Å²) in [5.74, 6) is 0. The number of nitrogens with one attached hydrogen (secondary N) is 1. The molecule has 1 N–H and O–H groups in total. The minimum Gasteiger partial charge on any atom is -0.303 e. The fraction of sp³-hybridized carbons (Fsp3) is 1.00. The number of hydrogen-bond donors (Lipinski definition) is 1. The average molecular weight is 170 g/mol. The molecule has 0 amide bonds. The number of nitrogens with zero attached hydrogens (tertiary/aromatic N) is 1. The van der Waals surface area contributed by atoms with E-state index in [4.69, 9.17) is 0 Å². The minimum absolute atomic E-state index is 0.784. The smallest absolute Gasteiger partial charge is 0.0484 e. The molecule has 0 aromatic rings. The summed E-state index contributed by atoms with van der Waals surface area (Å²) in [6, 6.07) is 0.784. The van der Waals surface area contributed by atoms with Gasteiger partial charge in [-0.3, -0.25) is 4.90 Å². The van der Waals surface area contributed by atoms with Gasteiger partial charge in [0.15, 0.2) is 0 Å². The van der Waals surface area contributed by atoms with Crippen molar-refractivity contribution in [3.63, 3.8) is 0 Å². The lowest BCUT2D eigenvalue weighted by molar-refractivity contribution is 0.240. The highest BCUT2D eigenvalue weighted by atomic mass is 15.3. The Morgan fingerprint density at radius 2 is 2.25 bits per heavy atom. The molecule has 1 saturated heterocycles. The largest absolute Gasteiger partial charge is 0.303 e. The standard InChI is InChI=1S/C10H22N2/c1-3-4-5-6-10(2)12-8-7-11-9-12/h10-11H,3-9H2,1-2H3. The molecule has 72 valence electrons. The molecule has 0 aromatic carbocycles. The van der Waals surface area contributed by atoms with E-state index in [2.05, 4.69) is 24.1 Å². The molecule has 0 radical (unpaired) electrons. The molecular formula is C10H22N2. The van der Waals surface area contributed by atoms with E-state index >= 15 is 0 Å². The molecular weight excluding hydrogens is 148 g/mol. The van der Waals surface area contributed by atoms with Gasteiger partial charge in [-0.25, -0.2) is 0 Å². The molecule has 1 rings (SSSR count). The van der Waals surface area contributed by atoms with Crippen LogP contribution in [0.15, 0.2) is 0 Å². The Labute approximate surface area is 76.3 Å². The second kappa shape index (κ2) is 5.55. The van der Waals surface area contributed by atoms with Crippen LogP contribution in [-0.2, 0) is 0 Å². The van der Waals surface area contributed by atoms with Crippen LogP contribution in [0.1, 0.15) is 39.5 Å². The monoisotopic (exact) mass is 170 g/mol. The quantitative estimate of drug-likeness (QED) is 0.633. The van der Waals surface area contributed by atoms with Crippen molar-refractivity contribution in [3.05, 3.63) is 0 Å². The maximum absolute atomic E-state index is 3.37. The summed E-state index contributed by atoms with van der Waals surface area (Å²) in [5.41, 5.74) is 0. The maximum atomic E-state index is 3.37. The summed E-state index contributed by atoms with van der Waals surface area (Å²) in [7, 11) is 0. The van der Waals surface area contributed by atoms with Gasteiger partial charge in [0, 0.05) is 25.8 Å². The molecule has 1 unspecified atom stereocenters. The predicted octanol–water partition coefficient (Wildman–Crippen LogP) is 1.82. The van der Waals surface area contributed by atoms with E-state index in [-0.39, 0.29) is 0 Å². The first-order valence-corrected chi connectivity index (χ1v) is 5.29. The van der Waals surface area contributed by atoms with Crippen molar-refractivity contribution >= 4 is 0 Å². The van der Waals surface area contributed by atoms with E-state index in [1.54, 1.807) is 0 Å². The van der Waals surface area contributed by atoms with Crippen molar-refractivity contribution in [1.82, 2.24) is 10.2 Å². The lowest BCUT2D eigenvalue weighted by Gasteiger charge is -2.22. The molecule has 2 heteroatoms. The highest BCUT2D eigenvalue weighted by molar-refractivity contribution is 4.72. The predicted molar refractivity (Wildman–Crippen MR) is 53.2 cm³/mol. The van der Waals surface area contributed by atoms with Crippen molar-refractivity contribution in [1.29, 1.82) is 0 Å². The van der Waals surface area contributed by atoms with Gasteiger partial charge in [-0.05, 0) is 13.3 Å². The van der Waals surface area contributed by atoms with Crippen LogP contribution in [0.3, 0.4) is 0 Å². The lowest BCUT2D eigenvalue weighted by Crippen LogP contribution is -2.31. The first-order valence-electron chi connectivity index (χ1n) is 5.29. The summed E-state index contributed by atoms with van der Waals surface area (Å²) in [6.07, 6.45) is 5.50.